The number of benzene rings is 3. The summed E-state index contributed by atoms with van der Waals surface area (Å²) in [6.07, 6.45) is 1.84. The van der Waals surface area contributed by atoms with Crippen LogP contribution in [0.3, 0.4) is 0 Å². The standard InChI is InChI=1S/C26H27FN2O3S/c1-32-26(31)19-5-8-24(9-6-19)33-17-25(30)29(23-10-12-28-13-11-23)16-18-2-3-21-15-22(27)7-4-20(21)14-18/h2-9,14-15,23,28H,10-13,16-17H2,1H3. The van der Waals surface area contributed by atoms with Gasteiger partial charge in [-0.05, 0) is 84.7 Å². The van der Waals surface area contributed by atoms with Crippen molar-refractivity contribution in [3.05, 3.63) is 77.6 Å². The Hall–Kier alpha value is -2.90. The molecule has 7 heteroatoms. The van der Waals surface area contributed by atoms with E-state index in [2.05, 4.69) is 5.32 Å². The zero-order valence-electron chi connectivity index (χ0n) is 18.6. The van der Waals surface area contributed by atoms with Crippen molar-refractivity contribution in [3.8, 4) is 0 Å². The first-order chi connectivity index (χ1) is 16.0. The van der Waals surface area contributed by atoms with Gasteiger partial charge in [-0.1, -0.05) is 18.2 Å². The summed E-state index contributed by atoms with van der Waals surface area (Å²) in [7, 11) is 1.35. The van der Waals surface area contributed by atoms with Crippen molar-refractivity contribution < 1.29 is 18.7 Å². The molecular formula is C26H27FN2O3S. The fraction of sp³-hybridized carbons (Fsp3) is 0.308. The highest BCUT2D eigenvalue weighted by molar-refractivity contribution is 8.00. The number of hydrogen-bond acceptors (Lipinski definition) is 5. The number of halogens is 1. The Kier molecular flexibility index (Phi) is 7.62. The van der Waals surface area contributed by atoms with Crippen molar-refractivity contribution in [2.75, 3.05) is 26.0 Å². The minimum Gasteiger partial charge on any atom is -0.465 e. The molecule has 1 amide bonds. The maximum absolute atomic E-state index is 13.5. The molecular weight excluding hydrogens is 439 g/mol. The van der Waals surface area contributed by atoms with Crippen LogP contribution >= 0.6 is 11.8 Å². The second-order valence-corrected chi connectivity index (χ2v) is 9.18. The Labute approximate surface area is 197 Å². The van der Waals surface area contributed by atoms with Gasteiger partial charge in [0.25, 0.3) is 0 Å². The van der Waals surface area contributed by atoms with Gasteiger partial charge in [0.1, 0.15) is 5.82 Å². The van der Waals surface area contributed by atoms with Gasteiger partial charge in [0.05, 0.1) is 18.4 Å². The van der Waals surface area contributed by atoms with E-state index in [0.717, 1.165) is 47.2 Å². The van der Waals surface area contributed by atoms with Gasteiger partial charge in [0, 0.05) is 17.5 Å². The zero-order chi connectivity index (χ0) is 23.2. The van der Waals surface area contributed by atoms with Crippen LogP contribution in [-0.4, -0.2) is 48.8 Å². The lowest BCUT2D eigenvalue weighted by atomic mass is 10.0. The number of thioether (sulfide) groups is 1. The molecule has 5 nitrogen and oxygen atoms in total. The SMILES string of the molecule is COC(=O)c1ccc(SCC(=O)N(Cc2ccc3cc(F)ccc3c2)C2CCNCC2)cc1. The molecule has 4 rings (SSSR count). The van der Waals surface area contributed by atoms with Gasteiger partial charge in [-0.3, -0.25) is 4.79 Å². The third kappa shape index (κ3) is 5.92. The van der Waals surface area contributed by atoms with Crippen LogP contribution in [0.5, 0.6) is 0 Å². The summed E-state index contributed by atoms with van der Waals surface area (Å²) in [4.78, 5) is 27.8. The summed E-state index contributed by atoms with van der Waals surface area (Å²) >= 11 is 1.46. The van der Waals surface area contributed by atoms with Crippen LogP contribution in [0.15, 0.2) is 65.6 Å². The van der Waals surface area contributed by atoms with Crippen molar-refractivity contribution in [1.29, 1.82) is 0 Å². The number of amides is 1. The lowest BCUT2D eigenvalue weighted by molar-refractivity contribution is -0.131. The lowest BCUT2D eigenvalue weighted by Gasteiger charge is -2.35. The minimum atomic E-state index is -0.377. The molecule has 1 N–H and O–H groups in total. The van der Waals surface area contributed by atoms with E-state index in [4.69, 9.17) is 4.74 Å². The molecule has 0 atom stereocenters. The van der Waals surface area contributed by atoms with Crippen LogP contribution in [0.25, 0.3) is 10.8 Å². The molecule has 1 fully saturated rings. The van der Waals surface area contributed by atoms with Gasteiger partial charge < -0.3 is 15.0 Å². The number of hydrogen-bond donors (Lipinski definition) is 1. The van der Waals surface area contributed by atoms with Crippen molar-refractivity contribution in [2.45, 2.75) is 30.3 Å². The molecule has 172 valence electrons. The van der Waals surface area contributed by atoms with E-state index in [1.165, 1.54) is 31.0 Å². The minimum absolute atomic E-state index is 0.0862. The Balaban J connectivity index is 1.47. The number of methoxy groups -OCH3 is 1. The highest BCUT2D eigenvalue weighted by Crippen LogP contribution is 2.24. The topological polar surface area (TPSA) is 58.6 Å². The highest BCUT2D eigenvalue weighted by atomic mass is 32.2. The second kappa shape index (κ2) is 10.8. The number of ether oxygens (including phenoxy) is 1. The number of carbonyl (C=O) groups is 2. The van der Waals surface area contributed by atoms with Crippen molar-refractivity contribution in [2.24, 2.45) is 0 Å². The first-order valence-corrected chi connectivity index (χ1v) is 12.0. The Morgan fingerprint density at radius 3 is 2.45 bits per heavy atom. The van der Waals surface area contributed by atoms with E-state index >= 15 is 0 Å². The molecule has 0 aliphatic carbocycles. The monoisotopic (exact) mass is 466 g/mol. The first-order valence-electron chi connectivity index (χ1n) is 11.0. The number of piperidine rings is 1. The molecule has 0 saturated carbocycles. The van der Waals surface area contributed by atoms with Gasteiger partial charge in [0.2, 0.25) is 5.91 Å². The Bertz CT molecular complexity index is 1130. The van der Waals surface area contributed by atoms with Crippen LogP contribution in [-0.2, 0) is 16.1 Å². The smallest absolute Gasteiger partial charge is 0.337 e. The first kappa shape index (κ1) is 23.3. The fourth-order valence-corrected chi connectivity index (χ4v) is 4.92. The quantitative estimate of drug-likeness (QED) is 0.406. The summed E-state index contributed by atoms with van der Waals surface area (Å²) in [6.45, 7) is 2.32. The molecule has 0 aromatic heterocycles. The Morgan fingerprint density at radius 1 is 1.03 bits per heavy atom. The van der Waals surface area contributed by atoms with E-state index in [0.29, 0.717) is 17.9 Å². The summed E-state index contributed by atoms with van der Waals surface area (Å²) in [6, 6.07) is 18.0. The van der Waals surface area contributed by atoms with E-state index < -0.39 is 0 Å². The van der Waals surface area contributed by atoms with E-state index in [1.807, 2.05) is 35.2 Å². The van der Waals surface area contributed by atoms with Gasteiger partial charge in [-0.15, -0.1) is 11.8 Å². The fourth-order valence-electron chi connectivity index (χ4n) is 4.13. The average molecular weight is 467 g/mol. The largest absolute Gasteiger partial charge is 0.465 e. The zero-order valence-corrected chi connectivity index (χ0v) is 19.4. The normalized spacial score (nSPS) is 14.2. The number of carbonyl (C=O) groups excluding carboxylic acids is 2. The predicted molar refractivity (Wildman–Crippen MR) is 129 cm³/mol. The number of fused-ring (bicyclic) bond motifs is 1. The number of nitrogens with one attached hydrogen (secondary N) is 1. The summed E-state index contributed by atoms with van der Waals surface area (Å²) in [5, 5.41) is 5.18. The molecule has 1 aliphatic heterocycles. The third-order valence-electron chi connectivity index (χ3n) is 5.93. The maximum Gasteiger partial charge on any atom is 0.337 e. The Morgan fingerprint density at radius 2 is 1.73 bits per heavy atom. The summed E-state index contributed by atoms with van der Waals surface area (Å²) < 4.78 is 18.2. The van der Waals surface area contributed by atoms with Gasteiger partial charge in [0.15, 0.2) is 0 Å². The van der Waals surface area contributed by atoms with Crippen LogP contribution < -0.4 is 5.32 Å². The van der Waals surface area contributed by atoms with Crippen LogP contribution in [0.2, 0.25) is 0 Å². The molecule has 3 aromatic rings. The molecule has 1 aliphatic rings. The number of esters is 1. The van der Waals surface area contributed by atoms with Gasteiger partial charge in [-0.25, -0.2) is 9.18 Å². The molecule has 0 spiro atoms. The number of rotatable bonds is 7. The summed E-state index contributed by atoms with van der Waals surface area (Å²) in [5.41, 5.74) is 1.52. The maximum atomic E-state index is 13.5. The molecule has 33 heavy (non-hydrogen) atoms. The van der Waals surface area contributed by atoms with Gasteiger partial charge in [-0.2, -0.15) is 0 Å². The van der Waals surface area contributed by atoms with E-state index in [1.54, 1.807) is 18.2 Å². The molecule has 1 heterocycles. The average Bonchev–Trinajstić information content (AvgIpc) is 2.86. The van der Waals surface area contributed by atoms with Crippen molar-refractivity contribution in [3.63, 3.8) is 0 Å². The van der Waals surface area contributed by atoms with Crippen LogP contribution in [0, 0.1) is 5.82 Å². The lowest BCUT2D eigenvalue weighted by Crippen LogP contribution is -2.46. The summed E-state index contributed by atoms with van der Waals surface area (Å²) in [5.74, 6) is -0.223. The molecule has 0 bridgehead atoms. The van der Waals surface area contributed by atoms with Crippen LogP contribution in [0.1, 0.15) is 28.8 Å². The number of nitrogens with zero attached hydrogens (tertiary/aromatic N) is 1. The van der Waals surface area contributed by atoms with Crippen molar-refractivity contribution >= 4 is 34.4 Å². The highest BCUT2D eigenvalue weighted by Gasteiger charge is 2.25. The third-order valence-corrected chi connectivity index (χ3v) is 6.92. The van der Waals surface area contributed by atoms with E-state index in [9.17, 15) is 14.0 Å². The van der Waals surface area contributed by atoms with Gasteiger partial charge >= 0.3 is 5.97 Å². The second-order valence-electron chi connectivity index (χ2n) is 8.13. The van der Waals surface area contributed by atoms with Crippen molar-refractivity contribution in [1.82, 2.24) is 10.2 Å². The molecule has 0 unspecified atom stereocenters. The van der Waals surface area contributed by atoms with Crippen LogP contribution in [0.4, 0.5) is 4.39 Å². The predicted octanol–water partition coefficient (Wildman–Crippen LogP) is 4.64. The molecule has 1 saturated heterocycles. The molecule has 0 radical (unpaired) electrons. The van der Waals surface area contributed by atoms with E-state index in [-0.39, 0.29) is 23.7 Å². The molecule has 3 aromatic carbocycles.